The van der Waals surface area contributed by atoms with Crippen LogP contribution in [-0.2, 0) is 19.6 Å². The van der Waals surface area contributed by atoms with Crippen LogP contribution in [0.5, 0.6) is 5.75 Å². The Hall–Kier alpha value is -2.66. The topological polar surface area (TPSA) is 103 Å². The fourth-order valence-corrected chi connectivity index (χ4v) is 6.23. The minimum atomic E-state index is -0.572. The van der Waals surface area contributed by atoms with Crippen LogP contribution in [0.4, 0.5) is 0 Å². The first kappa shape index (κ1) is 23.5. The van der Waals surface area contributed by atoms with Crippen LogP contribution in [0.15, 0.2) is 69.0 Å². The number of carbonyl (C=O) groups excluding carboxylic acids is 1. The van der Waals surface area contributed by atoms with Crippen LogP contribution in [0, 0.1) is 0 Å². The predicted molar refractivity (Wildman–Crippen MR) is 131 cm³/mol. The summed E-state index contributed by atoms with van der Waals surface area (Å²) in [7, 11) is 0. The highest BCUT2D eigenvalue weighted by Gasteiger charge is 2.11. The van der Waals surface area contributed by atoms with Gasteiger partial charge in [-0.3, -0.25) is 4.79 Å². The van der Waals surface area contributed by atoms with E-state index in [0.29, 0.717) is 19.6 Å². The van der Waals surface area contributed by atoms with Crippen LogP contribution in [0.3, 0.4) is 0 Å². The number of thiophene rings is 1. The molecule has 3 aromatic heterocycles. The molecule has 0 aliphatic heterocycles. The number of aryl methyl sites for hydroxylation is 1. The SMILES string of the molecule is NC(=O)c1cn(CC(O)CCCc2ccccc2OCc2ccc(Sc3nccs3)s2)cn1. The van der Waals surface area contributed by atoms with Crippen molar-refractivity contribution in [3.8, 4) is 5.75 Å². The standard InChI is InChI=1S/C23H24N4O3S3/c24-22(29)19-13-27(15-26-19)12-17(28)6-3-5-16-4-1-2-7-20(16)30-14-18-8-9-21(32-18)33-23-25-10-11-31-23/h1-2,4,7-11,13,15,17,28H,3,5-6,12,14H2,(H2,24,29). The number of amides is 1. The average Bonchev–Trinajstić information content (AvgIpc) is 3.56. The van der Waals surface area contributed by atoms with Crippen LogP contribution in [0.1, 0.15) is 33.8 Å². The normalized spacial score (nSPS) is 12.0. The summed E-state index contributed by atoms with van der Waals surface area (Å²) in [5.74, 6) is 0.298. The van der Waals surface area contributed by atoms with E-state index in [2.05, 4.69) is 28.2 Å². The first-order valence-electron chi connectivity index (χ1n) is 10.4. The summed E-state index contributed by atoms with van der Waals surface area (Å²) in [6.45, 7) is 0.893. The van der Waals surface area contributed by atoms with Crippen LogP contribution in [-0.4, -0.2) is 31.7 Å². The zero-order valence-corrected chi connectivity index (χ0v) is 20.2. The minimum Gasteiger partial charge on any atom is -0.488 e. The van der Waals surface area contributed by atoms with Crippen molar-refractivity contribution in [1.82, 2.24) is 14.5 Å². The number of ether oxygens (including phenoxy) is 1. The van der Waals surface area contributed by atoms with Crippen molar-refractivity contribution in [1.29, 1.82) is 0 Å². The molecule has 1 unspecified atom stereocenters. The first-order valence-corrected chi connectivity index (χ1v) is 12.9. The maximum Gasteiger partial charge on any atom is 0.268 e. The third kappa shape index (κ3) is 6.91. The lowest BCUT2D eigenvalue weighted by molar-refractivity contribution is 0.0995. The number of hydrogen-bond acceptors (Lipinski definition) is 8. The Kier molecular flexibility index (Phi) is 8.16. The van der Waals surface area contributed by atoms with Gasteiger partial charge in [-0.15, -0.1) is 22.7 Å². The van der Waals surface area contributed by atoms with Gasteiger partial charge in [0, 0.05) is 29.2 Å². The van der Waals surface area contributed by atoms with Gasteiger partial charge in [0.15, 0.2) is 4.34 Å². The molecule has 1 aromatic carbocycles. The zero-order valence-electron chi connectivity index (χ0n) is 17.8. The van der Waals surface area contributed by atoms with E-state index in [9.17, 15) is 9.90 Å². The minimum absolute atomic E-state index is 0.202. The van der Waals surface area contributed by atoms with Gasteiger partial charge in [-0.1, -0.05) is 18.2 Å². The molecular weight excluding hydrogens is 476 g/mol. The number of para-hydroxylation sites is 1. The highest BCUT2D eigenvalue weighted by atomic mass is 32.2. The summed E-state index contributed by atoms with van der Waals surface area (Å²) in [5.41, 5.74) is 6.54. The van der Waals surface area contributed by atoms with Crippen molar-refractivity contribution in [2.75, 3.05) is 0 Å². The molecule has 0 saturated heterocycles. The van der Waals surface area contributed by atoms with Gasteiger partial charge in [0.05, 0.1) is 16.6 Å². The number of primary amides is 1. The van der Waals surface area contributed by atoms with E-state index in [1.807, 2.05) is 29.8 Å². The van der Waals surface area contributed by atoms with Gasteiger partial charge in [0.1, 0.15) is 18.1 Å². The molecular formula is C23H24N4O3S3. The molecule has 10 heteroatoms. The van der Waals surface area contributed by atoms with Crippen molar-refractivity contribution in [2.45, 2.75) is 47.1 Å². The second-order valence-electron chi connectivity index (χ2n) is 7.38. The molecule has 1 atom stereocenters. The molecule has 33 heavy (non-hydrogen) atoms. The van der Waals surface area contributed by atoms with Crippen molar-refractivity contribution < 1.29 is 14.6 Å². The molecule has 3 N–H and O–H groups in total. The molecule has 1 amide bonds. The molecule has 3 heterocycles. The van der Waals surface area contributed by atoms with Crippen molar-refractivity contribution in [2.24, 2.45) is 5.73 Å². The van der Waals surface area contributed by atoms with Crippen LogP contribution >= 0.6 is 34.4 Å². The Balaban J connectivity index is 1.25. The molecule has 0 fully saturated rings. The summed E-state index contributed by atoms with van der Waals surface area (Å²) >= 11 is 5.03. The average molecular weight is 501 g/mol. The Morgan fingerprint density at radius 1 is 1.24 bits per heavy atom. The highest BCUT2D eigenvalue weighted by molar-refractivity contribution is 8.02. The second-order valence-corrected chi connectivity index (χ2v) is 11.0. The van der Waals surface area contributed by atoms with E-state index in [-0.39, 0.29) is 5.69 Å². The summed E-state index contributed by atoms with van der Waals surface area (Å²) in [6.07, 6.45) is 6.59. The number of aliphatic hydroxyl groups excluding tert-OH is 1. The third-order valence-corrected chi connectivity index (χ3v) is 7.94. The maximum absolute atomic E-state index is 11.1. The Morgan fingerprint density at radius 2 is 2.12 bits per heavy atom. The first-order chi connectivity index (χ1) is 16.1. The van der Waals surface area contributed by atoms with E-state index < -0.39 is 12.0 Å². The van der Waals surface area contributed by atoms with E-state index in [1.54, 1.807) is 45.2 Å². The van der Waals surface area contributed by atoms with Gasteiger partial charge >= 0.3 is 0 Å². The molecule has 7 nitrogen and oxygen atoms in total. The molecule has 0 aliphatic carbocycles. The van der Waals surface area contributed by atoms with Crippen LogP contribution in [0.25, 0.3) is 0 Å². The van der Waals surface area contributed by atoms with Gasteiger partial charge in [-0.05, 0) is 54.8 Å². The van der Waals surface area contributed by atoms with E-state index in [4.69, 9.17) is 10.5 Å². The smallest absolute Gasteiger partial charge is 0.268 e. The summed E-state index contributed by atoms with van der Waals surface area (Å²) in [4.78, 5) is 20.5. The van der Waals surface area contributed by atoms with Gasteiger partial charge in [-0.25, -0.2) is 9.97 Å². The predicted octanol–water partition coefficient (Wildman–Crippen LogP) is 4.61. The molecule has 0 spiro atoms. The Labute approximate surface area is 204 Å². The lowest BCUT2D eigenvalue weighted by Gasteiger charge is -2.13. The molecule has 0 saturated carbocycles. The number of carbonyl (C=O) groups is 1. The summed E-state index contributed by atoms with van der Waals surface area (Å²) in [5, 5.41) is 12.3. The fourth-order valence-electron chi connectivity index (χ4n) is 3.29. The molecule has 0 radical (unpaired) electrons. The highest BCUT2D eigenvalue weighted by Crippen LogP contribution is 2.35. The third-order valence-electron chi connectivity index (χ3n) is 4.87. The van der Waals surface area contributed by atoms with Crippen molar-refractivity contribution in [3.05, 3.63) is 76.6 Å². The fraction of sp³-hybridized carbons (Fsp3) is 0.261. The number of imidazole rings is 1. The monoisotopic (exact) mass is 500 g/mol. The number of nitrogens with two attached hydrogens (primary N) is 1. The lowest BCUT2D eigenvalue weighted by Crippen LogP contribution is -2.15. The Morgan fingerprint density at radius 3 is 2.91 bits per heavy atom. The van der Waals surface area contributed by atoms with Gasteiger partial charge in [0.25, 0.3) is 5.91 Å². The van der Waals surface area contributed by atoms with E-state index in [0.717, 1.165) is 33.4 Å². The lowest BCUT2D eigenvalue weighted by atomic mass is 10.0. The van der Waals surface area contributed by atoms with Crippen LogP contribution in [0.2, 0.25) is 0 Å². The Bertz CT molecular complexity index is 1170. The van der Waals surface area contributed by atoms with E-state index in [1.165, 1.54) is 10.5 Å². The second kappa shape index (κ2) is 11.5. The molecule has 4 aromatic rings. The number of aliphatic hydroxyl groups is 1. The van der Waals surface area contributed by atoms with E-state index >= 15 is 0 Å². The number of thiazole rings is 1. The maximum atomic E-state index is 11.1. The van der Waals surface area contributed by atoms with Gasteiger partial charge < -0.3 is 20.1 Å². The van der Waals surface area contributed by atoms with Gasteiger partial charge in [0.2, 0.25) is 0 Å². The number of nitrogens with zero attached hydrogens (tertiary/aromatic N) is 3. The molecule has 4 rings (SSSR count). The number of hydrogen-bond donors (Lipinski definition) is 2. The summed E-state index contributed by atoms with van der Waals surface area (Å²) in [6, 6.07) is 12.2. The number of aromatic nitrogens is 3. The molecule has 0 aliphatic rings. The molecule has 172 valence electrons. The van der Waals surface area contributed by atoms with Crippen molar-refractivity contribution >= 4 is 40.3 Å². The largest absolute Gasteiger partial charge is 0.488 e. The van der Waals surface area contributed by atoms with Gasteiger partial charge in [-0.2, -0.15) is 0 Å². The zero-order chi connectivity index (χ0) is 23.0. The number of benzene rings is 1. The van der Waals surface area contributed by atoms with Crippen LogP contribution < -0.4 is 10.5 Å². The molecule has 0 bridgehead atoms. The summed E-state index contributed by atoms with van der Waals surface area (Å²) < 4.78 is 10.0. The quantitative estimate of drug-likeness (QED) is 0.294. The number of rotatable bonds is 12. The van der Waals surface area contributed by atoms with Crippen molar-refractivity contribution in [3.63, 3.8) is 0 Å².